The average molecular weight is 544 g/mol. The Kier molecular flexibility index (Phi) is 7.21. The molecule has 0 bridgehead atoms. The number of aryl methyl sites for hydroxylation is 1. The zero-order chi connectivity index (χ0) is 28.4. The van der Waals surface area contributed by atoms with E-state index >= 15 is 0 Å². The minimum absolute atomic E-state index is 0.278. The van der Waals surface area contributed by atoms with E-state index in [1.807, 2.05) is 57.6 Å². The molecule has 12 nitrogen and oxygen atoms in total. The number of carbonyl (C=O) groups excluding carboxylic acids is 1. The van der Waals surface area contributed by atoms with Crippen LogP contribution in [-0.4, -0.2) is 68.3 Å². The Bertz CT molecular complexity index is 1500. The summed E-state index contributed by atoms with van der Waals surface area (Å²) < 4.78 is 13.4. The Morgan fingerprint density at radius 2 is 1.98 bits per heavy atom. The number of carbonyl (C=O) groups is 1. The lowest BCUT2D eigenvalue weighted by atomic mass is 10.1. The second-order valence-electron chi connectivity index (χ2n) is 10.8. The molecule has 5 heterocycles. The Balaban J connectivity index is 1.28. The van der Waals surface area contributed by atoms with Gasteiger partial charge in [0.25, 0.3) is 0 Å². The predicted octanol–water partition coefficient (Wildman–Crippen LogP) is 3.83. The molecule has 12 heteroatoms. The number of ether oxygens (including phenoxy) is 2. The van der Waals surface area contributed by atoms with Crippen LogP contribution in [0.3, 0.4) is 0 Å². The molecule has 0 aromatic carbocycles. The van der Waals surface area contributed by atoms with Crippen molar-refractivity contribution in [3.63, 3.8) is 0 Å². The van der Waals surface area contributed by atoms with Crippen LogP contribution in [0.5, 0.6) is 5.88 Å². The number of piperazine rings is 1. The van der Waals surface area contributed by atoms with Gasteiger partial charge in [0.1, 0.15) is 28.7 Å². The number of amides is 1. The maximum atomic E-state index is 12.4. The van der Waals surface area contributed by atoms with Crippen molar-refractivity contribution in [3.05, 3.63) is 54.3 Å². The second-order valence-corrected chi connectivity index (χ2v) is 10.8. The van der Waals surface area contributed by atoms with Crippen molar-refractivity contribution >= 4 is 34.4 Å². The maximum Gasteiger partial charge on any atom is 0.410 e. The largest absolute Gasteiger partial charge is 0.444 e. The number of dihydropyridines is 1. The predicted molar refractivity (Wildman–Crippen MR) is 151 cm³/mol. The van der Waals surface area contributed by atoms with Crippen molar-refractivity contribution in [1.82, 2.24) is 29.7 Å². The van der Waals surface area contributed by atoms with Crippen LogP contribution in [0.1, 0.15) is 27.7 Å². The fourth-order valence-corrected chi connectivity index (χ4v) is 4.44. The van der Waals surface area contributed by atoms with Gasteiger partial charge in [-0.3, -0.25) is 0 Å². The van der Waals surface area contributed by atoms with Crippen molar-refractivity contribution in [2.24, 2.45) is 7.05 Å². The minimum Gasteiger partial charge on any atom is -0.444 e. The van der Waals surface area contributed by atoms with Gasteiger partial charge in [-0.25, -0.2) is 14.8 Å². The molecule has 2 aliphatic rings. The first kappa shape index (κ1) is 26.8. The van der Waals surface area contributed by atoms with E-state index in [0.29, 0.717) is 60.5 Å². The molecule has 2 aliphatic heterocycles. The van der Waals surface area contributed by atoms with Crippen LogP contribution in [0.2, 0.25) is 0 Å². The lowest BCUT2D eigenvalue weighted by molar-refractivity contribution is 0.0240. The number of aromatic nitrogens is 4. The third-order valence-electron chi connectivity index (χ3n) is 6.51. The third kappa shape index (κ3) is 5.93. The maximum absolute atomic E-state index is 12.4. The third-order valence-corrected chi connectivity index (χ3v) is 6.51. The summed E-state index contributed by atoms with van der Waals surface area (Å²) in [6.07, 6.45) is 6.72. The molecule has 3 aromatic rings. The van der Waals surface area contributed by atoms with Gasteiger partial charge >= 0.3 is 6.09 Å². The molecule has 1 amide bonds. The lowest BCUT2D eigenvalue weighted by Gasteiger charge is -2.36. The van der Waals surface area contributed by atoms with E-state index in [0.717, 1.165) is 11.3 Å². The fourth-order valence-electron chi connectivity index (χ4n) is 4.44. The molecule has 1 saturated heterocycles. The highest BCUT2D eigenvalue weighted by molar-refractivity contribution is 5.88. The average Bonchev–Trinajstić information content (AvgIpc) is 3.30. The van der Waals surface area contributed by atoms with Gasteiger partial charge in [-0.05, 0) is 51.5 Å². The first-order valence-electron chi connectivity index (χ1n) is 13.1. The summed E-state index contributed by atoms with van der Waals surface area (Å²) in [5.74, 6) is 1.61. The van der Waals surface area contributed by atoms with E-state index in [2.05, 4.69) is 36.6 Å². The fraction of sp³-hybridized carbons (Fsp3) is 0.393. The summed E-state index contributed by atoms with van der Waals surface area (Å²) in [5, 5.41) is 15.5. The number of hydrogen-bond donors (Lipinski definition) is 2. The number of allylic oxidation sites excluding steroid dienone is 1. The van der Waals surface area contributed by atoms with Crippen LogP contribution in [0, 0.1) is 11.3 Å². The topological polar surface area (TPSA) is 133 Å². The molecule has 0 saturated carbocycles. The van der Waals surface area contributed by atoms with E-state index in [4.69, 9.17) is 14.7 Å². The summed E-state index contributed by atoms with van der Waals surface area (Å²) in [6.45, 7) is 10.1. The smallest absolute Gasteiger partial charge is 0.410 e. The molecule has 1 fully saturated rings. The molecule has 2 N–H and O–H groups in total. The summed E-state index contributed by atoms with van der Waals surface area (Å²) in [4.78, 5) is 30.1. The van der Waals surface area contributed by atoms with Crippen LogP contribution in [-0.2, 0) is 11.8 Å². The van der Waals surface area contributed by atoms with Crippen LogP contribution in [0.4, 0.5) is 22.0 Å². The van der Waals surface area contributed by atoms with E-state index in [1.54, 1.807) is 29.6 Å². The highest BCUT2D eigenvalue weighted by atomic mass is 16.6. The molecule has 208 valence electrons. The van der Waals surface area contributed by atoms with Gasteiger partial charge in [0.15, 0.2) is 5.65 Å². The lowest BCUT2D eigenvalue weighted by Crippen LogP contribution is -2.50. The Labute approximate surface area is 232 Å². The summed E-state index contributed by atoms with van der Waals surface area (Å²) in [7, 11) is 1.87. The number of nitrogens with zero attached hydrogens (tertiary/aromatic N) is 7. The van der Waals surface area contributed by atoms with Gasteiger partial charge < -0.3 is 34.5 Å². The zero-order valence-electron chi connectivity index (χ0n) is 23.3. The number of nitrogens with one attached hydrogen (secondary N) is 2. The monoisotopic (exact) mass is 543 g/mol. The van der Waals surface area contributed by atoms with E-state index in [1.165, 1.54) is 0 Å². The van der Waals surface area contributed by atoms with Gasteiger partial charge in [-0.2, -0.15) is 10.2 Å². The molecule has 1 unspecified atom stereocenters. The van der Waals surface area contributed by atoms with Gasteiger partial charge in [0, 0.05) is 45.5 Å². The number of nitriles is 1. The van der Waals surface area contributed by atoms with Crippen molar-refractivity contribution in [3.8, 4) is 11.9 Å². The van der Waals surface area contributed by atoms with Crippen molar-refractivity contribution in [2.45, 2.75) is 39.3 Å². The standard InChI is InChI=1S/C28H33N9O3/c1-18-12-19(14-29)30-16-22(18)39-24-13-21(25-26(34-24)35(5)17-32-25)33-23-7-6-20(15-31-23)36-8-10-37(11-9-36)27(38)40-28(2,3)4/h6-7,12-13,15-17,19,30H,8-11H2,1-5H3,(H,31,33,34). The van der Waals surface area contributed by atoms with Crippen molar-refractivity contribution in [1.29, 1.82) is 5.26 Å². The number of rotatable bonds is 5. The molecule has 0 radical (unpaired) electrons. The Hall–Kier alpha value is -4.79. The van der Waals surface area contributed by atoms with Gasteiger partial charge in [0.2, 0.25) is 5.88 Å². The van der Waals surface area contributed by atoms with Crippen molar-refractivity contribution in [2.75, 3.05) is 36.4 Å². The summed E-state index contributed by atoms with van der Waals surface area (Å²) in [6, 6.07) is 7.48. The molecule has 0 spiro atoms. The first-order valence-corrected chi connectivity index (χ1v) is 13.1. The van der Waals surface area contributed by atoms with Gasteiger partial charge in [-0.1, -0.05) is 0 Å². The van der Waals surface area contributed by atoms with E-state index in [-0.39, 0.29) is 12.1 Å². The second kappa shape index (κ2) is 10.8. The van der Waals surface area contributed by atoms with Gasteiger partial charge in [0.05, 0.1) is 30.0 Å². The van der Waals surface area contributed by atoms with Crippen LogP contribution < -0.4 is 20.3 Å². The summed E-state index contributed by atoms with van der Waals surface area (Å²) >= 11 is 0. The zero-order valence-corrected chi connectivity index (χ0v) is 23.3. The highest BCUT2D eigenvalue weighted by Gasteiger charge is 2.26. The first-order chi connectivity index (χ1) is 19.1. The Morgan fingerprint density at radius 1 is 1.20 bits per heavy atom. The number of fused-ring (bicyclic) bond motifs is 1. The normalized spacial score (nSPS) is 17.4. The van der Waals surface area contributed by atoms with Crippen LogP contribution in [0.25, 0.3) is 11.2 Å². The molecule has 1 atom stereocenters. The quantitative estimate of drug-likeness (QED) is 0.489. The molecule has 5 rings (SSSR count). The molecule has 0 aliphatic carbocycles. The van der Waals surface area contributed by atoms with Crippen LogP contribution >= 0.6 is 0 Å². The number of pyridine rings is 2. The minimum atomic E-state index is -0.508. The van der Waals surface area contributed by atoms with E-state index in [9.17, 15) is 4.79 Å². The molecular formula is C28H33N9O3. The number of imidazole rings is 1. The molecule has 40 heavy (non-hydrogen) atoms. The van der Waals surface area contributed by atoms with Gasteiger partial charge in [-0.15, -0.1) is 0 Å². The number of anilines is 3. The highest BCUT2D eigenvalue weighted by Crippen LogP contribution is 2.30. The number of hydrogen-bond acceptors (Lipinski definition) is 10. The van der Waals surface area contributed by atoms with E-state index < -0.39 is 5.60 Å². The molecule has 3 aromatic heterocycles. The SMILES string of the molecule is CC1=CC(C#N)NC=C1Oc1cc(Nc2ccc(N3CCN(C(=O)OC(C)(C)C)CC3)cn2)c2ncn(C)c2n1. The van der Waals surface area contributed by atoms with Crippen molar-refractivity contribution < 1.29 is 14.3 Å². The van der Waals surface area contributed by atoms with Crippen LogP contribution in [0.15, 0.2) is 54.3 Å². The summed E-state index contributed by atoms with van der Waals surface area (Å²) in [5.41, 5.74) is 3.35. The Morgan fingerprint density at radius 3 is 2.62 bits per heavy atom. The molecular weight excluding hydrogens is 510 g/mol.